The molecule has 2 rings (SSSR count). The van der Waals surface area contributed by atoms with Gasteiger partial charge in [-0.1, -0.05) is 39.0 Å². The van der Waals surface area contributed by atoms with Crippen molar-refractivity contribution in [3.8, 4) is 11.6 Å². The van der Waals surface area contributed by atoms with E-state index in [1.165, 1.54) is 5.56 Å². The summed E-state index contributed by atoms with van der Waals surface area (Å²) in [4.78, 5) is 4.26. The molecule has 0 aliphatic heterocycles. The summed E-state index contributed by atoms with van der Waals surface area (Å²) in [6, 6.07) is 11.9. The molecule has 1 atom stereocenters. The smallest absolute Gasteiger partial charge is 0.219 e. The minimum Gasteiger partial charge on any atom is -0.439 e. The molecule has 3 heteroatoms. The number of rotatable bonds is 3. The Balaban J connectivity index is 2.10. The van der Waals surface area contributed by atoms with Gasteiger partial charge in [-0.05, 0) is 35.6 Å². The summed E-state index contributed by atoms with van der Waals surface area (Å²) in [5, 5.41) is 0. The molecule has 0 aliphatic carbocycles. The van der Waals surface area contributed by atoms with E-state index in [2.05, 4.69) is 37.9 Å². The van der Waals surface area contributed by atoms with Gasteiger partial charge in [-0.3, -0.25) is 0 Å². The fourth-order valence-electron chi connectivity index (χ4n) is 1.87. The Morgan fingerprint density at radius 1 is 1.05 bits per heavy atom. The third-order valence-electron chi connectivity index (χ3n) is 3.23. The predicted octanol–water partition coefficient (Wildman–Crippen LogP) is 4.19. The van der Waals surface area contributed by atoms with Gasteiger partial charge in [-0.15, -0.1) is 0 Å². The maximum atomic E-state index is 5.79. The summed E-state index contributed by atoms with van der Waals surface area (Å²) in [5.41, 5.74) is 8.22. The van der Waals surface area contributed by atoms with Crippen molar-refractivity contribution >= 4 is 0 Å². The van der Waals surface area contributed by atoms with E-state index < -0.39 is 0 Å². The Morgan fingerprint density at radius 2 is 1.70 bits per heavy atom. The lowest BCUT2D eigenvalue weighted by atomic mass is 9.87. The first-order valence-corrected chi connectivity index (χ1v) is 6.86. The molecule has 0 fully saturated rings. The van der Waals surface area contributed by atoms with Gasteiger partial charge >= 0.3 is 0 Å². The average Bonchev–Trinajstić information content (AvgIpc) is 2.39. The SMILES string of the molecule is C[C@@H](N)c1ccc(Oc2ccc(C(C)(C)C)cc2)nc1. The van der Waals surface area contributed by atoms with Crippen molar-refractivity contribution in [1.82, 2.24) is 4.98 Å². The van der Waals surface area contributed by atoms with Gasteiger partial charge in [-0.25, -0.2) is 4.98 Å². The third kappa shape index (κ3) is 3.58. The van der Waals surface area contributed by atoms with Crippen LogP contribution in [0.5, 0.6) is 11.6 Å². The molecule has 0 unspecified atom stereocenters. The monoisotopic (exact) mass is 270 g/mol. The van der Waals surface area contributed by atoms with Crippen LogP contribution in [-0.4, -0.2) is 4.98 Å². The van der Waals surface area contributed by atoms with E-state index in [1.807, 2.05) is 31.2 Å². The minimum atomic E-state index is -0.0115. The van der Waals surface area contributed by atoms with Gasteiger partial charge in [0, 0.05) is 18.3 Å². The summed E-state index contributed by atoms with van der Waals surface area (Å²) in [6.07, 6.45) is 1.75. The first kappa shape index (κ1) is 14.5. The van der Waals surface area contributed by atoms with Crippen LogP contribution in [0.4, 0.5) is 0 Å². The fourth-order valence-corrected chi connectivity index (χ4v) is 1.87. The molecule has 3 nitrogen and oxygen atoms in total. The molecule has 0 saturated heterocycles. The summed E-state index contributed by atoms with van der Waals surface area (Å²) < 4.78 is 5.73. The first-order valence-electron chi connectivity index (χ1n) is 6.86. The van der Waals surface area contributed by atoms with Crippen molar-refractivity contribution in [3.63, 3.8) is 0 Å². The van der Waals surface area contributed by atoms with Crippen LogP contribution in [0.25, 0.3) is 0 Å². The normalized spacial score (nSPS) is 13.1. The molecule has 0 spiro atoms. The molecular formula is C17H22N2O. The highest BCUT2D eigenvalue weighted by Gasteiger charge is 2.13. The lowest BCUT2D eigenvalue weighted by molar-refractivity contribution is 0.461. The van der Waals surface area contributed by atoms with Gasteiger partial charge < -0.3 is 10.5 Å². The molecule has 0 radical (unpaired) electrons. The summed E-state index contributed by atoms with van der Waals surface area (Å²) in [6.45, 7) is 8.51. The number of aromatic nitrogens is 1. The molecule has 0 bridgehead atoms. The van der Waals surface area contributed by atoms with Gasteiger partial charge in [0.05, 0.1) is 0 Å². The van der Waals surface area contributed by atoms with Crippen molar-refractivity contribution in [2.75, 3.05) is 0 Å². The lowest BCUT2D eigenvalue weighted by Crippen LogP contribution is -2.10. The molecule has 1 aromatic heterocycles. The van der Waals surface area contributed by atoms with E-state index in [0.717, 1.165) is 11.3 Å². The number of nitrogens with zero attached hydrogens (tertiary/aromatic N) is 1. The van der Waals surface area contributed by atoms with E-state index in [0.29, 0.717) is 5.88 Å². The highest BCUT2D eigenvalue weighted by atomic mass is 16.5. The zero-order valence-electron chi connectivity index (χ0n) is 12.6. The van der Waals surface area contributed by atoms with E-state index in [-0.39, 0.29) is 11.5 Å². The Hall–Kier alpha value is -1.87. The topological polar surface area (TPSA) is 48.1 Å². The Bertz CT molecular complexity index is 551. The van der Waals surface area contributed by atoms with E-state index in [9.17, 15) is 0 Å². The van der Waals surface area contributed by atoms with E-state index in [4.69, 9.17) is 10.5 Å². The Morgan fingerprint density at radius 3 is 2.15 bits per heavy atom. The van der Waals surface area contributed by atoms with Crippen LogP contribution in [0.15, 0.2) is 42.6 Å². The zero-order valence-corrected chi connectivity index (χ0v) is 12.6. The summed E-state index contributed by atoms with van der Waals surface area (Å²) in [5.74, 6) is 1.37. The lowest BCUT2D eigenvalue weighted by Gasteiger charge is -2.19. The second kappa shape index (κ2) is 5.63. The van der Waals surface area contributed by atoms with Crippen molar-refractivity contribution in [2.45, 2.75) is 39.2 Å². The second-order valence-corrected chi connectivity index (χ2v) is 6.09. The van der Waals surface area contributed by atoms with Crippen LogP contribution < -0.4 is 10.5 Å². The van der Waals surface area contributed by atoms with Crippen molar-refractivity contribution in [1.29, 1.82) is 0 Å². The van der Waals surface area contributed by atoms with Gasteiger partial charge in [0.15, 0.2) is 0 Å². The first-order chi connectivity index (χ1) is 9.36. The van der Waals surface area contributed by atoms with Crippen LogP contribution in [0, 0.1) is 0 Å². The fraction of sp³-hybridized carbons (Fsp3) is 0.353. The van der Waals surface area contributed by atoms with Crippen LogP contribution in [0.3, 0.4) is 0 Å². The van der Waals surface area contributed by atoms with Crippen LogP contribution in [-0.2, 0) is 5.41 Å². The molecule has 1 heterocycles. The highest BCUT2D eigenvalue weighted by molar-refractivity contribution is 5.33. The number of nitrogens with two attached hydrogens (primary N) is 1. The Kier molecular flexibility index (Phi) is 4.09. The molecule has 0 aliphatic rings. The van der Waals surface area contributed by atoms with Crippen LogP contribution in [0.2, 0.25) is 0 Å². The molecule has 0 saturated carbocycles. The van der Waals surface area contributed by atoms with Gasteiger partial charge in [-0.2, -0.15) is 0 Å². The minimum absolute atomic E-state index is 0.0115. The number of hydrogen-bond acceptors (Lipinski definition) is 3. The number of pyridine rings is 1. The molecule has 2 N–H and O–H groups in total. The van der Waals surface area contributed by atoms with Gasteiger partial charge in [0.1, 0.15) is 5.75 Å². The van der Waals surface area contributed by atoms with Gasteiger partial charge in [0.2, 0.25) is 5.88 Å². The number of benzene rings is 1. The molecule has 2 aromatic rings. The van der Waals surface area contributed by atoms with Crippen LogP contribution >= 0.6 is 0 Å². The Labute approximate surface area is 120 Å². The molecule has 20 heavy (non-hydrogen) atoms. The maximum Gasteiger partial charge on any atom is 0.219 e. The third-order valence-corrected chi connectivity index (χ3v) is 3.23. The van der Waals surface area contributed by atoms with Crippen molar-refractivity contribution < 1.29 is 4.74 Å². The van der Waals surface area contributed by atoms with E-state index in [1.54, 1.807) is 6.20 Å². The van der Waals surface area contributed by atoms with Crippen molar-refractivity contribution in [2.24, 2.45) is 5.73 Å². The molecule has 106 valence electrons. The number of ether oxygens (including phenoxy) is 1. The predicted molar refractivity (Wildman–Crippen MR) is 82.1 cm³/mol. The second-order valence-electron chi connectivity index (χ2n) is 6.09. The zero-order chi connectivity index (χ0) is 14.8. The van der Waals surface area contributed by atoms with E-state index >= 15 is 0 Å². The summed E-state index contributed by atoms with van der Waals surface area (Å²) in [7, 11) is 0. The molecule has 0 amide bonds. The van der Waals surface area contributed by atoms with Gasteiger partial charge in [0.25, 0.3) is 0 Å². The number of hydrogen-bond donors (Lipinski definition) is 1. The highest BCUT2D eigenvalue weighted by Crippen LogP contribution is 2.26. The maximum absolute atomic E-state index is 5.79. The standard InChI is InChI=1S/C17H22N2O/c1-12(18)13-5-10-16(19-11-13)20-15-8-6-14(7-9-15)17(2,3)4/h5-12H,18H2,1-4H3/t12-/m1/s1. The largest absolute Gasteiger partial charge is 0.439 e. The van der Waals surface area contributed by atoms with Crippen LogP contribution in [0.1, 0.15) is 44.9 Å². The molecular weight excluding hydrogens is 248 g/mol. The quantitative estimate of drug-likeness (QED) is 0.909. The summed E-state index contributed by atoms with van der Waals surface area (Å²) >= 11 is 0. The average molecular weight is 270 g/mol. The van der Waals surface area contributed by atoms with Crippen molar-refractivity contribution in [3.05, 3.63) is 53.7 Å². The molecule has 1 aromatic carbocycles.